The highest BCUT2D eigenvalue weighted by molar-refractivity contribution is 5.65. The third-order valence-electron chi connectivity index (χ3n) is 3.86. The highest BCUT2D eigenvalue weighted by atomic mass is 16.5. The molecule has 3 heterocycles. The Morgan fingerprint density at radius 3 is 3.10 bits per heavy atom. The van der Waals surface area contributed by atoms with Gasteiger partial charge in [-0.05, 0) is 26.2 Å². The fourth-order valence-corrected chi connectivity index (χ4v) is 2.64. The molecule has 0 aliphatic carbocycles. The van der Waals surface area contributed by atoms with Crippen LogP contribution in [0.25, 0.3) is 5.65 Å². The van der Waals surface area contributed by atoms with Gasteiger partial charge in [-0.15, -0.1) is 0 Å². The molecule has 2 N–H and O–H groups in total. The van der Waals surface area contributed by atoms with Gasteiger partial charge in [-0.1, -0.05) is 6.92 Å². The van der Waals surface area contributed by atoms with Gasteiger partial charge >= 0.3 is 0 Å². The van der Waals surface area contributed by atoms with Crippen molar-refractivity contribution in [2.75, 3.05) is 30.3 Å². The van der Waals surface area contributed by atoms with Crippen molar-refractivity contribution in [3.8, 4) is 0 Å². The number of nitrogens with one attached hydrogen (secondary N) is 2. The second-order valence-corrected chi connectivity index (χ2v) is 5.82. The van der Waals surface area contributed by atoms with Crippen LogP contribution < -0.4 is 10.6 Å². The standard InChI is InChI=1S/C15H23N5O/c1-3-6-16-12-10-20-8-7-17-14(20)13(19-12)18-11-15(2)5-4-9-21-15/h7-8,10,16H,3-6,9,11H2,1-2H3,(H,18,19). The van der Waals surface area contributed by atoms with Crippen LogP contribution in [0, 0.1) is 0 Å². The molecule has 1 aliphatic heterocycles. The van der Waals surface area contributed by atoms with E-state index >= 15 is 0 Å². The molecule has 6 heteroatoms. The first-order valence-corrected chi connectivity index (χ1v) is 7.66. The molecule has 2 aromatic rings. The summed E-state index contributed by atoms with van der Waals surface area (Å²) >= 11 is 0. The fourth-order valence-electron chi connectivity index (χ4n) is 2.64. The molecule has 114 valence electrons. The minimum absolute atomic E-state index is 0.0991. The summed E-state index contributed by atoms with van der Waals surface area (Å²) in [6, 6.07) is 0. The first-order chi connectivity index (χ1) is 10.2. The highest BCUT2D eigenvalue weighted by Gasteiger charge is 2.29. The predicted octanol–water partition coefficient (Wildman–Crippen LogP) is 2.53. The van der Waals surface area contributed by atoms with Crippen LogP contribution >= 0.6 is 0 Å². The second kappa shape index (κ2) is 5.89. The van der Waals surface area contributed by atoms with Crippen LogP contribution in [0.4, 0.5) is 11.6 Å². The van der Waals surface area contributed by atoms with Crippen molar-refractivity contribution < 1.29 is 4.74 Å². The van der Waals surface area contributed by atoms with Gasteiger partial charge in [0.25, 0.3) is 0 Å². The summed E-state index contributed by atoms with van der Waals surface area (Å²) in [7, 11) is 0. The lowest BCUT2D eigenvalue weighted by Gasteiger charge is -2.24. The molecule has 1 unspecified atom stereocenters. The lowest BCUT2D eigenvalue weighted by Crippen LogP contribution is -2.33. The first-order valence-electron chi connectivity index (χ1n) is 7.66. The molecule has 2 aromatic heterocycles. The Morgan fingerprint density at radius 2 is 2.33 bits per heavy atom. The minimum atomic E-state index is -0.0991. The lowest BCUT2D eigenvalue weighted by atomic mass is 10.0. The number of hydrogen-bond donors (Lipinski definition) is 2. The van der Waals surface area contributed by atoms with E-state index in [2.05, 4.69) is 34.4 Å². The Hall–Kier alpha value is -1.82. The van der Waals surface area contributed by atoms with Crippen LogP contribution in [-0.2, 0) is 4.74 Å². The zero-order chi connectivity index (χ0) is 14.7. The fraction of sp³-hybridized carbons (Fsp3) is 0.600. The number of ether oxygens (including phenoxy) is 1. The van der Waals surface area contributed by atoms with Gasteiger partial charge in [-0.2, -0.15) is 0 Å². The number of imidazole rings is 1. The first kappa shape index (κ1) is 14.1. The van der Waals surface area contributed by atoms with Crippen molar-refractivity contribution in [2.45, 2.75) is 38.7 Å². The van der Waals surface area contributed by atoms with Gasteiger partial charge in [-0.25, -0.2) is 9.97 Å². The van der Waals surface area contributed by atoms with Crippen molar-refractivity contribution in [3.05, 3.63) is 18.6 Å². The van der Waals surface area contributed by atoms with E-state index in [9.17, 15) is 0 Å². The average molecular weight is 289 g/mol. The zero-order valence-electron chi connectivity index (χ0n) is 12.7. The number of aromatic nitrogens is 3. The van der Waals surface area contributed by atoms with Crippen LogP contribution in [0.15, 0.2) is 18.6 Å². The molecule has 1 fully saturated rings. The van der Waals surface area contributed by atoms with E-state index < -0.39 is 0 Å². The Morgan fingerprint density at radius 1 is 1.43 bits per heavy atom. The number of fused-ring (bicyclic) bond motifs is 1. The van der Waals surface area contributed by atoms with Gasteiger partial charge < -0.3 is 19.8 Å². The summed E-state index contributed by atoms with van der Waals surface area (Å²) in [6.45, 7) is 6.80. The Labute approximate surface area is 124 Å². The minimum Gasteiger partial charge on any atom is -0.373 e. The molecule has 0 radical (unpaired) electrons. The maximum Gasteiger partial charge on any atom is 0.180 e. The van der Waals surface area contributed by atoms with E-state index in [1.54, 1.807) is 6.20 Å². The van der Waals surface area contributed by atoms with E-state index in [0.29, 0.717) is 0 Å². The van der Waals surface area contributed by atoms with Crippen molar-refractivity contribution in [1.29, 1.82) is 0 Å². The van der Waals surface area contributed by atoms with E-state index in [1.165, 1.54) is 0 Å². The van der Waals surface area contributed by atoms with E-state index in [-0.39, 0.29) is 5.60 Å². The molecule has 6 nitrogen and oxygen atoms in total. The molecule has 1 atom stereocenters. The highest BCUT2D eigenvalue weighted by Crippen LogP contribution is 2.26. The summed E-state index contributed by atoms with van der Waals surface area (Å²) < 4.78 is 7.81. The van der Waals surface area contributed by atoms with Crippen LogP contribution in [-0.4, -0.2) is 39.7 Å². The Balaban J connectivity index is 1.80. The zero-order valence-corrected chi connectivity index (χ0v) is 12.7. The second-order valence-electron chi connectivity index (χ2n) is 5.82. The van der Waals surface area contributed by atoms with Crippen LogP contribution in [0.5, 0.6) is 0 Å². The quantitative estimate of drug-likeness (QED) is 0.855. The Kier molecular flexibility index (Phi) is 3.96. The molecular formula is C15H23N5O. The molecule has 0 spiro atoms. The third kappa shape index (κ3) is 3.10. The maximum absolute atomic E-state index is 5.82. The van der Waals surface area contributed by atoms with E-state index in [4.69, 9.17) is 4.74 Å². The summed E-state index contributed by atoms with van der Waals surface area (Å²) in [6.07, 6.45) is 8.98. The maximum atomic E-state index is 5.82. The number of rotatable bonds is 6. The van der Waals surface area contributed by atoms with E-state index in [0.717, 1.165) is 56.2 Å². The monoisotopic (exact) mass is 289 g/mol. The van der Waals surface area contributed by atoms with Crippen molar-refractivity contribution >= 4 is 17.3 Å². The number of hydrogen-bond acceptors (Lipinski definition) is 5. The van der Waals surface area contributed by atoms with Gasteiger partial charge in [-0.3, -0.25) is 0 Å². The predicted molar refractivity (Wildman–Crippen MR) is 83.8 cm³/mol. The molecule has 1 saturated heterocycles. The van der Waals surface area contributed by atoms with Gasteiger partial charge in [0.2, 0.25) is 0 Å². The number of nitrogens with zero attached hydrogens (tertiary/aromatic N) is 3. The molecule has 1 aliphatic rings. The third-order valence-corrected chi connectivity index (χ3v) is 3.86. The summed E-state index contributed by atoms with van der Waals surface area (Å²) in [4.78, 5) is 9.02. The van der Waals surface area contributed by atoms with E-state index in [1.807, 2.05) is 16.8 Å². The average Bonchev–Trinajstić information content (AvgIpc) is 3.12. The van der Waals surface area contributed by atoms with Gasteiger partial charge in [0.05, 0.1) is 11.8 Å². The summed E-state index contributed by atoms with van der Waals surface area (Å²) in [5.74, 6) is 1.67. The number of anilines is 2. The molecule has 0 saturated carbocycles. The smallest absolute Gasteiger partial charge is 0.180 e. The molecule has 3 rings (SSSR count). The molecular weight excluding hydrogens is 266 g/mol. The van der Waals surface area contributed by atoms with Crippen molar-refractivity contribution in [1.82, 2.24) is 14.4 Å². The largest absolute Gasteiger partial charge is 0.373 e. The molecule has 0 amide bonds. The summed E-state index contributed by atoms with van der Waals surface area (Å²) in [5.41, 5.74) is 0.747. The topological polar surface area (TPSA) is 63.5 Å². The SMILES string of the molecule is CCCNc1cn2ccnc2c(NCC2(C)CCCO2)n1. The van der Waals surface area contributed by atoms with Gasteiger partial charge in [0, 0.05) is 32.1 Å². The molecule has 0 bridgehead atoms. The molecule has 0 aromatic carbocycles. The Bertz CT molecular complexity index is 603. The van der Waals surface area contributed by atoms with Crippen molar-refractivity contribution in [3.63, 3.8) is 0 Å². The molecule has 21 heavy (non-hydrogen) atoms. The summed E-state index contributed by atoms with van der Waals surface area (Å²) in [5, 5.41) is 6.74. The van der Waals surface area contributed by atoms with Gasteiger partial charge in [0.1, 0.15) is 5.82 Å². The van der Waals surface area contributed by atoms with Crippen LogP contribution in [0.3, 0.4) is 0 Å². The van der Waals surface area contributed by atoms with Crippen molar-refractivity contribution in [2.24, 2.45) is 0 Å². The lowest BCUT2D eigenvalue weighted by molar-refractivity contribution is 0.0315. The normalized spacial score (nSPS) is 21.8. The van der Waals surface area contributed by atoms with Crippen LogP contribution in [0.2, 0.25) is 0 Å². The van der Waals surface area contributed by atoms with Gasteiger partial charge in [0.15, 0.2) is 11.5 Å². The van der Waals surface area contributed by atoms with Crippen LogP contribution in [0.1, 0.15) is 33.1 Å².